The van der Waals surface area contributed by atoms with E-state index in [-0.39, 0.29) is 18.0 Å². The highest BCUT2D eigenvalue weighted by Gasteiger charge is 2.26. The monoisotopic (exact) mass is 334 g/mol. The van der Waals surface area contributed by atoms with Crippen LogP contribution in [0.2, 0.25) is 0 Å². The molecular weight excluding hydrogens is 308 g/mol. The standard InChI is InChI=1S/C18H26N2O4/c1-2-11-24-16-9-3-13(4-10-16)12-19-18(23)20-15-7-5-14(6-8-15)17(21)22/h3-4,9-10,14-15H,2,5-8,11-12H2,1H3,(H,21,22)(H2,19,20,23). The quantitative estimate of drug-likeness (QED) is 0.715. The van der Waals surface area contributed by atoms with Crippen LogP contribution >= 0.6 is 0 Å². The molecule has 1 fully saturated rings. The van der Waals surface area contributed by atoms with Gasteiger partial charge in [0.2, 0.25) is 0 Å². The summed E-state index contributed by atoms with van der Waals surface area (Å²) < 4.78 is 5.52. The number of aliphatic carboxylic acids is 1. The van der Waals surface area contributed by atoms with E-state index in [1.54, 1.807) is 0 Å². The van der Waals surface area contributed by atoms with Crippen molar-refractivity contribution in [3.63, 3.8) is 0 Å². The highest BCUT2D eigenvalue weighted by Crippen LogP contribution is 2.24. The Hall–Kier alpha value is -2.24. The summed E-state index contributed by atoms with van der Waals surface area (Å²) in [5.41, 5.74) is 1.00. The van der Waals surface area contributed by atoms with Gasteiger partial charge in [0.25, 0.3) is 0 Å². The number of carbonyl (C=O) groups is 2. The fourth-order valence-electron chi connectivity index (χ4n) is 2.83. The zero-order chi connectivity index (χ0) is 17.4. The van der Waals surface area contributed by atoms with Gasteiger partial charge in [-0.3, -0.25) is 4.79 Å². The number of ether oxygens (including phenoxy) is 1. The second kappa shape index (κ2) is 9.15. The summed E-state index contributed by atoms with van der Waals surface area (Å²) in [5.74, 6) is -0.163. The molecule has 0 saturated heterocycles. The van der Waals surface area contributed by atoms with Crippen molar-refractivity contribution in [3.05, 3.63) is 29.8 Å². The Bertz CT molecular complexity index is 536. The fourth-order valence-corrected chi connectivity index (χ4v) is 2.83. The summed E-state index contributed by atoms with van der Waals surface area (Å²) in [6.45, 7) is 3.21. The summed E-state index contributed by atoms with van der Waals surface area (Å²) in [6.07, 6.45) is 3.65. The third-order valence-corrected chi connectivity index (χ3v) is 4.26. The normalized spacial score (nSPS) is 20.2. The highest BCUT2D eigenvalue weighted by atomic mass is 16.5. The van der Waals surface area contributed by atoms with Gasteiger partial charge < -0.3 is 20.5 Å². The summed E-state index contributed by atoms with van der Waals surface area (Å²) in [5, 5.41) is 14.7. The lowest BCUT2D eigenvalue weighted by Gasteiger charge is -2.26. The van der Waals surface area contributed by atoms with Gasteiger partial charge in [0, 0.05) is 12.6 Å². The first-order valence-electron chi connectivity index (χ1n) is 8.57. The van der Waals surface area contributed by atoms with E-state index in [1.807, 2.05) is 24.3 Å². The third kappa shape index (κ3) is 5.76. The van der Waals surface area contributed by atoms with Crippen molar-refractivity contribution >= 4 is 12.0 Å². The average molecular weight is 334 g/mol. The number of benzene rings is 1. The predicted molar refractivity (Wildman–Crippen MR) is 91.0 cm³/mol. The van der Waals surface area contributed by atoms with E-state index in [9.17, 15) is 9.59 Å². The minimum Gasteiger partial charge on any atom is -0.494 e. The lowest BCUT2D eigenvalue weighted by Crippen LogP contribution is -2.43. The van der Waals surface area contributed by atoms with E-state index in [4.69, 9.17) is 9.84 Å². The van der Waals surface area contributed by atoms with Crippen LogP contribution in [0.25, 0.3) is 0 Å². The largest absolute Gasteiger partial charge is 0.494 e. The summed E-state index contributed by atoms with van der Waals surface area (Å²) >= 11 is 0. The molecule has 0 spiro atoms. The smallest absolute Gasteiger partial charge is 0.315 e. The Morgan fingerprint density at radius 2 is 1.83 bits per heavy atom. The topological polar surface area (TPSA) is 87.7 Å². The molecule has 1 aliphatic carbocycles. The molecule has 132 valence electrons. The maximum absolute atomic E-state index is 11.9. The van der Waals surface area contributed by atoms with Crippen molar-refractivity contribution in [2.24, 2.45) is 5.92 Å². The fraction of sp³-hybridized carbons (Fsp3) is 0.556. The molecule has 24 heavy (non-hydrogen) atoms. The lowest BCUT2D eigenvalue weighted by atomic mass is 9.86. The number of rotatable bonds is 7. The van der Waals surface area contributed by atoms with Crippen LogP contribution in [-0.2, 0) is 11.3 Å². The van der Waals surface area contributed by atoms with Gasteiger partial charge in [-0.05, 0) is 49.8 Å². The van der Waals surface area contributed by atoms with Gasteiger partial charge >= 0.3 is 12.0 Å². The van der Waals surface area contributed by atoms with Crippen molar-refractivity contribution in [2.75, 3.05) is 6.61 Å². The minimum atomic E-state index is -0.732. The zero-order valence-corrected chi connectivity index (χ0v) is 14.1. The lowest BCUT2D eigenvalue weighted by molar-refractivity contribution is -0.142. The van der Waals surface area contributed by atoms with Crippen molar-refractivity contribution in [1.29, 1.82) is 0 Å². The van der Waals surface area contributed by atoms with Gasteiger partial charge in [-0.2, -0.15) is 0 Å². The van der Waals surface area contributed by atoms with E-state index in [1.165, 1.54) is 0 Å². The Balaban J connectivity index is 1.69. The Kier molecular flexibility index (Phi) is 6.90. The number of carboxylic acid groups (broad SMARTS) is 1. The molecule has 2 rings (SSSR count). The molecule has 0 aliphatic heterocycles. The van der Waals surface area contributed by atoms with Gasteiger partial charge in [0.15, 0.2) is 0 Å². The Morgan fingerprint density at radius 1 is 1.17 bits per heavy atom. The molecule has 6 nitrogen and oxygen atoms in total. The van der Waals surface area contributed by atoms with Gasteiger partial charge in [-0.15, -0.1) is 0 Å². The number of hydrogen-bond donors (Lipinski definition) is 3. The Morgan fingerprint density at radius 3 is 2.42 bits per heavy atom. The first-order chi connectivity index (χ1) is 11.6. The first-order valence-corrected chi connectivity index (χ1v) is 8.57. The Labute approximate surface area is 142 Å². The molecular formula is C18H26N2O4. The third-order valence-electron chi connectivity index (χ3n) is 4.26. The van der Waals surface area contributed by atoms with Crippen LogP contribution in [0.3, 0.4) is 0 Å². The number of nitrogens with one attached hydrogen (secondary N) is 2. The SMILES string of the molecule is CCCOc1ccc(CNC(=O)NC2CCC(C(=O)O)CC2)cc1. The van der Waals surface area contributed by atoms with Crippen molar-refractivity contribution < 1.29 is 19.4 Å². The van der Waals surface area contributed by atoms with Crippen LogP contribution in [0.1, 0.15) is 44.6 Å². The molecule has 1 saturated carbocycles. The molecule has 2 amide bonds. The molecule has 0 bridgehead atoms. The first kappa shape index (κ1) is 18.1. The molecule has 3 N–H and O–H groups in total. The predicted octanol–water partition coefficient (Wildman–Crippen LogP) is 2.92. The summed E-state index contributed by atoms with van der Waals surface area (Å²) in [6, 6.07) is 7.52. The molecule has 1 aromatic rings. The van der Waals surface area contributed by atoms with Gasteiger partial charge in [-0.25, -0.2) is 4.79 Å². The number of carbonyl (C=O) groups excluding carboxylic acids is 1. The molecule has 0 aromatic heterocycles. The molecule has 6 heteroatoms. The number of hydrogen-bond acceptors (Lipinski definition) is 3. The van der Waals surface area contributed by atoms with E-state index in [0.717, 1.165) is 17.7 Å². The van der Waals surface area contributed by atoms with Crippen LogP contribution in [-0.4, -0.2) is 29.8 Å². The molecule has 1 aliphatic rings. The molecule has 1 aromatic carbocycles. The molecule has 0 radical (unpaired) electrons. The molecule has 0 atom stereocenters. The minimum absolute atomic E-state index is 0.0606. The van der Waals surface area contributed by atoms with Crippen molar-refractivity contribution in [3.8, 4) is 5.75 Å². The van der Waals surface area contributed by atoms with Crippen LogP contribution in [0.5, 0.6) is 5.75 Å². The molecule has 0 unspecified atom stereocenters. The maximum atomic E-state index is 11.9. The van der Waals surface area contributed by atoms with Gasteiger partial charge in [0.1, 0.15) is 5.75 Å². The summed E-state index contributed by atoms with van der Waals surface area (Å²) in [4.78, 5) is 22.9. The highest BCUT2D eigenvalue weighted by molar-refractivity contribution is 5.74. The van der Waals surface area contributed by atoms with Gasteiger partial charge in [0.05, 0.1) is 12.5 Å². The number of urea groups is 1. The van der Waals surface area contributed by atoms with Crippen molar-refractivity contribution in [2.45, 2.75) is 51.6 Å². The average Bonchev–Trinajstić information content (AvgIpc) is 2.59. The van der Waals surface area contributed by atoms with E-state index in [2.05, 4.69) is 17.6 Å². The number of carboxylic acids is 1. The van der Waals surface area contributed by atoms with Gasteiger partial charge in [-0.1, -0.05) is 19.1 Å². The van der Waals surface area contributed by atoms with Crippen LogP contribution in [0, 0.1) is 5.92 Å². The van der Waals surface area contributed by atoms with Crippen LogP contribution in [0.4, 0.5) is 4.79 Å². The van der Waals surface area contributed by atoms with E-state index in [0.29, 0.717) is 38.8 Å². The zero-order valence-electron chi connectivity index (χ0n) is 14.1. The summed E-state index contributed by atoms with van der Waals surface area (Å²) in [7, 11) is 0. The van der Waals surface area contributed by atoms with Crippen LogP contribution in [0.15, 0.2) is 24.3 Å². The van der Waals surface area contributed by atoms with E-state index >= 15 is 0 Å². The second-order valence-electron chi connectivity index (χ2n) is 6.21. The van der Waals surface area contributed by atoms with E-state index < -0.39 is 5.97 Å². The number of amides is 2. The second-order valence-corrected chi connectivity index (χ2v) is 6.21. The molecule has 0 heterocycles. The maximum Gasteiger partial charge on any atom is 0.315 e. The van der Waals surface area contributed by atoms with Crippen molar-refractivity contribution in [1.82, 2.24) is 10.6 Å². The van der Waals surface area contributed by atoms with Crippen LogP contribution < -0.4 is 15.4 Å².